The summed E-state index contributed by atoms with van der Waals surface area (Å²) in [5, 5.41) is 6.89. The van der Waals surface area contributed by atoms with Crippen molar-refractivity contribution in [1.29, 1.82) is 0 Å². The molecule has 1 aliphatic rings. The summed E-state index contributed by atoms with van der Waals surface area (Å²) in [6, 6.07) is 8.11. The number of nitrogens with one attached hydrogen (secondary N) is 3. The first-order valence-corrected chi connectivity index (χ1v) is 10.0. The number of carbonyl (C=O) groups excluding carboxylic acids is 2. The number of aromatic amines is 1. The molecule has 3 N–H and O–H groups in total. The number of rotatable bonds is 7. The van der Waals surface area contributed by atoms with Crippen molar-refractivity contribution >= 4 is 22.7 Å². The molecule has 3 heterocycles. The average molecular weight is 391 g/mol. The van der Waals surface area contributed by atoms with Crippen molar-refractivity contribution in [2.24, 2.45) is 0 Å². The first-order valence-electron chi connectivity index (χ1n) is 10.0. The Morgan fingerprint density at radius 3 is 2.93 bits per heavy atom. The minimum atomic E-state index is -0.272. The average Bonchev–Trinajstić information content (AvgIpc) is 3.34. The summed E-state index contributed by atoms with van der Waals surface area (Å²) in [4.78, 5) is 32.9. The van der Waals surface area contributed by atoms with E-state index < -0.39 is 0 Å². The fourth-order valence-corrected chi connectivity index (χ4v) is 3.88. The zero-order valence-corrected chi connectivity index (χ0v) is 16.3. The highest BCUT2D eigenvalue weighted by molar-refractivity contribution is 5.97. The monoisotopic (exact) mass is 391 g/mol. The smallest absolute Gasteiger partial charge is 0.287 e. The number of para-hydroxylation sites is 1. The third-order valence-corrected chi connectivity index (χ3v) is 5.30. The fourth-order valence-electron chi connectivity index (χ4n) is 3.88. The van der Waals surface area contributed by atoms with Crippen LogP contribution in [-0.2, 0) is 19.4 Å². The van der Waals surface area contributed by atoms with E-state index in [4.69, 9.17) is 0 Å². The van der Waals surface area contributed by atoms with E-state index >= 15 is 0 Å². The molecule has 0 aliphatic carbocycles. The molecule has 0 radical (unpaired) electrons. The van der Waals surface area contributed by atoms with Crippen LogP contribution in [0, 0.1) is 0 Å². The van der Waals surface area contributed by atoms with Crippen LogP contribution < -0.4 is 10.6 Å². The molecule has 3 aromatic rings. The Bertz CT molecular complexity index is 1060. The number of nitrogens with zero attached hydrogens (tertiary/aromatic N) is 2. The van der Waals surface area contributed by atoms with Crippen molar-refractivity contribution in [3.05, 3.63) is 65.9 Å². The molecule has 0 saturated carbocycles. The number of fused-ring (bicyclic) bond motifs is 2. The summed E-state index contributed by atoms with van der Waals surface area (Å²) in [6.07, 6.45) is 7.06. The molecule has 29 heavy (non-hydrogen) atoms. The highest BCUT2D eigenvalue weighted by Gasteiger charge is 2.27. The van der Waals surface area contributed by atoms with Crippen LogP contribution in [0.4, 0.5) is 0 Å². The van der Waals surface area contributed by atoms with Gasteiger partial charge in [0, 0.05) is 36.7 Å². The van der Waals surface area contributed by atoms with Crippen LogP contribution in [0.5, 0.6) is 0 Å². The van der Waals surface area contributed by atoms with Crippen LogP contribution in [0.3, 0.4) is 0 Å². The van der Waals surface area contributed by atoms with Gasteiger partial charge >= 0.3 is 0 Å². The van der Waals surface area contributed by atoms with Gasteiger partial charge in [-0.25, -0.2) is 4.98 Å². The van der Waals surface area contributed by atoms with Gasteiger partial charge in [-0.3, -0.25) is 9.59 Å². The molecule has 0 spiro atoms. The third-order valence-electron chi connectivity index (χ3n) is 5.30. The van der Waals surface area contributed by atoms with Gasteiger partial charge in [0.25, 0.3) is 11.8 Å². The second-order valence-electron chi connectivity index (χ2n) is 7.20. The maximum Gasteiger partial charge on any atom is 0.287 e. The highest BCUT2D eigenvalue weighted by atomic mass is 16.2. The molecule has 2 amide bonds. The third kappa shape index (κ3) is 3.81. The molecule has 0 fully saturated rings. The number of imidazole rings is 1. The van der Waals surface area contributed by atoms with Crippen molar-refractivity contribution in [2.45, 2.75) is 32.2 Å². The number of amides is 2. The Kier molecular flexibility index (Phi) is 5.46. The number of H-pyrrole nitrogens is 1. The van der Waals surface area contributed by atoms with Crippen LogP contribution in [0.1, 0.15) is 45.2 Å². The second-order valence-corrected chi connectivity index (χ2v) is 7.20. The maximum atomic E-state index is 12.8. The normalized spacial score (nSPS) is 13.1. The Labute approximate surface area is 169 Å². The Hall–Kier alpha value is -3.35. The van der Waals surface area contributed by atoms with E-state index in [1.54, 1.807) is 6.08 Å². The quantitative estimate of drug-likeness (QED) is 0.541. The first kappa shape index (κ1) is 19.0. The zero-order valence-electron chi connectivity index (χ0n) is 16.3. The van der Waals surface area contributed by atoms with E-state index in [9.17, 15) is 9.59 Å². The molecule has 0 atom stereocenters. The van der Waals surface area contributed by atoms with Crippen molar-refractivity contribution in [2.75, 3.05) is 13.1 Å². The van der Waals surface area contributed by atoms with Crippen LogP contribution in [0.2, 0.25) is 0 Å². The SMILES string of the molecule is C=CCNC(=O)c1nc(C(=O)NCCc2c[nH]c3ccccc23)c2n1CCCC2. The molecule has 4 rings (SSSR count). The summed E-state index contributed by atoms with van der Waals surface area (Å²) < 4.78 is 1.89. The lowest BCUT2D eigenvalue weighted by atomic mass is 10.1. The molecule has 7 nitrogen and oxygen atoms in total. The second kappa shape index (κ2) is 8.34. The van der Waals surface area contributed by atoms with Crippen LogP contribution >= 0.6 is 0 Å². The van der Waals surface area contributed by atoms with E-state index in [0.717, 1.165) is 42.5 Å². The topological polar surface area (TPSA) is 91.8 Å². The van der Waals surface area contributed by atoms with Crippen LogP contribution in [-0.4, -0.2) is 39.4 Å². The predicted octanol–water partition coefficient (Wildman–Crippen LogP) is 2.59. The number of aromatic nitrogens is 3. The molecule has 2 aromatic heterocycles. The van der Waals surface area contributed by atoms with E-state index in [2.05, 4.69) is 33.2 Å². The van der Waals surface area contributed by atoms with E-state index in [0.29, 0.717) is 31.2 Å². The van der Waals surface area contributed by atoms with Crippen LogP contribution in [0.25, 0.3) is 10.9 Å². The Morgan fingerprint density at radius 2 is 2.07 bits per heavy atom. The van der Waals surface area contributed by atoms with E-state index in [1.165, 1.54) is 5.39 Å². The lowest BCUT2D eigenvalue weighted by Crippen LogP contribution is -2.28. The minimum absolute atomic E-state index is 0.224. The van der Waals surface area contributed by atoms with E-state index in [1.807, 2.05) is 29.0 Å². The van der Waals surface area contributed by atoms with Crippen molar-refractivity contribution < 1.29 is 9.59 Å². The summed E-state index contributed by atoms with van der Waals surface area (Å²) >= 11 is 0. The van der Waals surface area contributed by atoms with Crippen molar-refractivity contribution in [3.8, 4) is 0 Å². The molecular formula is C22H25N5O2. The zero-order chi connectivity index (χ0) is 20.2. The van der Waals surface area contributed by atoms with Crippen molar-refractivity contribution in [1.82, 2.24) is 25.2 Å². The lowest BCUT2D eigenvalue weighted by molar-refractivity contribution is 0.0942. The maximum absolute atomic E-state index is 12.8. The van der Waals surface area contributed by atoms with Gasteiger partial charge in [-0.1, -0.05) is 24.3 Å². The highest BCUT2D eigenvalue weighted by Crippen LogP contribution is 2.21. The van der Waals surface area contributed by atoms with Gasteiger partial charge in [0.2, 0.25) is 0 Å². The molecule has 1 aromatic carbocycles. The molecular weight excluding hydrogens is 366 g/mol. The number of hydrogen-bond donors (Lipinski definition) is 3. The molecule has 0 bridgehead atoms. The Balaban J connectivity index is 1.47. The molecule has 0 unspecified atom stereocenters. The molecule has 1 aliphatic heterocycles. The number of carbonyl (C=O) groups is 2. The standard InChI is InChI=1S/C22H25N5O2/c1-2-11-23-22(29)20-26-19(18-9-5-6-13-27(18)20)21(28)24-12-10-15-14-25-17-8-4-3-7-16(15)17/h2-4,7-8,14,25H,1,5-6,9-13H2,(H,23,29)(H,24,28). The van der Waals surface area contributed by atoms with Gasteiger partial charge in [-0.05, 0) is 37.3 Å². The summed E-state index contributed by atoms with van der Waals surface area (Å²) in [6.45, 7) is 5.20. The van der Waals surface area contributed by atoms with Gasteiger partial charge in [0.15, 0.2) is 5.82 Å². The Morgan fingerprint density at radius 1 is 1.21 bits per heavy atom. The predicted molar refractivity (Wildman–Crippen MR) is 112 cm³/mol. The van der Waals surface area contributed by atoms with Crippen LogP contribution in [0.15, 0.2) is 43.1 Å². The first-order chi connectivity index (χ1) is 14.2. The van der Waals surface area contributed by atoms with Gasteiger partial charge in [-0.2, -0.15) is 0 Å². The molecule has 0 saturated heterocycles. The summed E-state index contributed by atoms with van der Waals surface area (Å²) in [7, 11) is 0. The van der Waals surface area contributed by atoms with Gasteiger partial charge in [-0.15, -0.1) is 6.58 Å². The van der Waals surface area contributed by atoms with E-state index in [-0.39, 0.29) is 11.8 Å². The minimum Gasteiger partial charge on any atom is -0.361 e. The largest absolute Gasteiger partial charge is 0.361 e. The lowest BCUT2D eigenvalue weighted by Gasteiger charge is -2.17. The number of benzene rings is 1. The fraction of sp³-hybridized carbons (Fsp3) is 0.318. The van der Waals surface area contributed by atoms with Gasteiger partial charge in [0.05, 0.1) is 5.69 Å². The summed E-state index contributed by atoms with van der Waals surface area (Å²) in [5.74, 6) is -0.188. The summed E-state index contributed by atoms with van der Waals surface area (Å²) in [5.41, 5.74) is 3.47. The van der Waals surface area contributed by atoms with Gasteiger partial charge < -0.3 is 20.2 Å². The van der Waals surface area contributed by atoms with Gasteiger partial charge in [0.1, 0.15) is 5.69 Å². The molecule has 7 heteroatoms. The van der Waals surface area contributed by atoms with Crippen molar-refractivity contribution in [3.63, 3.8) is 0 Å². The molecule has 150 valence electrons. The number of hydrogen-bond acceptors (Lipinski definition) is 3.